The van der Waals surface area contributed by atoms with Gasteiger partial charge < -0.3 is 4.98 Å². The van der Waals surface area contributed by atoms with Crippen LogP contribution in [-0.4, -0.2) is 19.9 Å². The van der Waals surface area contributed by atoms with Gasteiger partial charge in [0.25, 0.3) is 0 Å². The van der Waals surface area contributed by atoms with E-state index in [0.29, 0.717) is 0 Å². The molecule has 2 aromatic heterocycles. The molecule has 0 aliphatic carbocycles. The normalized spacial score (nSPS) is 12.2. The largest absolute Gasteiger partial charge is 0.345 e. The van der Waals surface area contributed by atoms with E-state index in [-0.39, 0.29) is 0 Å². The lowest BCUT2D eigenvalue weighted by Gasteiger charge is -2.09. The molecule has 88 valence electrons. The smallest absolute Gasteiger partial charge is 0.116 e. The summed E-state index contributed by atoms with van der Waals surface area (Å²) in [6.45, 7) is 0. The first-order chi connectivity index (χ1) is 9.42. The first-order valence-corrected chi connectivity index (χ1v) is 6.13. The zero-order valence-electron chi connectivity index (χ0n) is 9.88. The van der Waals surface area contributed by atoms with Gasteiger partial charge in [-0.05, 0) is 29.7 Å². The fraction of sp³-hybridized carbons (Fsp3) is 0. The molecule has 5 rings (SSSR count). The minimum atomic E-state index is 0.984. The molecule has 0 aliphatic heterocycles. The van der Waals surface area contributed by atoms with Crippen LogP contribution in [0.5, 0.6) is 0 Å². The van der Waals surface area contributed by atoms with Crippen LogP contribution in [0.15, 0.2) is 43.0 Å². The highest BCUT2D eigenvalue weighted by atomic mass is 14.9. The van der Waals surface area contributed by atoms with Crippen molar-refractivity contribution in [1.82, 2.24) is 19.9 Å². The lowest BCUT2D eigenvalue weighted by Crippen LogP contribution is -1.89. The number of H-pyrrole nitrogens is 1. The van der Waals surface area contributed by atoms with Gasteiger partial charge in [0, 0.05) is 16.2 Å². The second-order valence-corrected chi connectivity index (χ2v) is 4.74. The Morgan fingerprint density at radius 3 is 2.58 bits per heavy atom. The third-order valence-corrected chi connectivity index (χ3v) is 3.77. The monoisotopic (exact) mass is 244 g/mol. The second-order valence-electron chi connectivity index (χ2n) is 4.74. The van der Waals surface area contributed by atoms with Gasteiger partial charge in [0.1, 0.15) is 6.33 Å². The Hall–Kier alpha value is -2.75. The van der Waals surface area contributed by atoms with E-state index in [1.54, 1.807) is 12.7 Å². The third-order valence-electron chi connectivity index (χ3n) is 3.77. The summed E-state index contributed by atoms with van der Waals surface area (Å²) in [6.07, 6.45) is 3.36. The number of aromatic nitrogens is 4. The summed E-state index contributed by atoms with van der Waals surface area (Å²) in [4.78, 5) is 16.3. The number of benzene rings is 3. The lowest BCUT2D eigenvalue weighted by atomic mass is 9.98. The second kappa shape index (κ2) is 2.98. The molecule has 0 saturated heterocycles. The first kappa shape index (κ1) is 9.22. The zero-order chi connectivity index (χ0) is 12.4. The van der Waals surface area contributed by atoms with Crippen molar-refractivity contribution in [2.24, 2.45) is 0 Å². The van der Waals surface area contributed by atoms with E-state index >= 15 is 0 Å². The number of nitrogens with zero attached hydrogens (tertiary/aromatic N) is 3. The van der Waals surface area contributed by atoms with Crippen LogP contribution in [0.4, 0.5) is 0 Å². The molecule has 4 nitrogen and oxygen atoms in total. The molecule has 2 heterocycles. The topological polar surface area (TPSA) is 54.5 Å². The number of hydrogen-bond donors (Lipinski definition) is 1. The molecule has 0 radical (unpaired) electrons. The summed E-state index contributed by atoms with van der Waals surface area (Å²) in [5.74, 6) is 0. The summed E-state index contributed by atoms with van der Waals surface area (Å²) in [6, 6.07) is 10.4. The molecule has 0 unspecified atom stereocenters. The minimum absolute atomic E-state index is 0.984. The van der Waals surface area contributed by atoms with Crippen molar-refractivity contribution >= 4 is 43.6 Å². The van der Waals surface area contributed by atoms with Gasteiger partial charge in [-0.1, -0.05) is 6.07 Å². The van der Waals surface area contributed by atoms with Crippen LogP contribution in [0.25, 0.3) is 43.6 Å². The number of aromatic amines is 1. The molecule has 0 amide bonds. The third kappa shape index (κ3) is 1.02. The Morgan fingerprint density at radius 1 is 0.842 bits per heavy atom. The van der Waals surface area contributed by atoms with Crippen LogP contribution in [0.2, 0.25) is 0 Å². The predicted molar refractivity (Wildman–Crippen MR) is 75.4 cm³/mol. The maximum absolute atomic E-state index is 4.43. The highest BCUT2D eigenvalue weighted by Gasteiger charge is 2.12. The van der Waals surface area contributed by atoms with Gasteiger partial charge in [-0.3, -0.25) is 0 Å². The van der Waals surface area contributed by atoms with E-state index in [1.165, 1.54) is 10.8 Å². The quantitative estimate of drug-likeness (QED) is 0.425. The van der Waals surface area contributed by atoms with Crippen molar-refractivity contribution in [3.63, 3.8) is 0 Å². The van der Waals surface area contributed by atoms with Crippen molar-refractivity contribution in [2.75, 3.05) is 0 Å². The molecule has 0 spiro atoms. The molecule has 19 heavy (non-hydrogen) atoms. The zero-order valence-corrected chi connectivity index (χ0v) is 9.88. The molecular formula is C15H8N4. The van der Waals surface area contributed by atoms with E-state index in [4.69, 9.17) is 0 Å². The fourth-order valence-corrected chi connectivity index (χ4v) is 2.96. The SMILES string of the molecule is c1nc2ccc3cc4[nH]cnc4c4ccc(n1)c2c34. The van der Waals surface area contributed by atoms with Crippen LogP contribution < -0.4 is 0 Å². The fourth-order valence-electron chi connectivity index (χ4n) is 2.96. The molecule has 0 aliphatic rings. The first-order valence-electron chi connectivity index (χ1n) is 6.13. The van der Waals surface area contributed by atoms with Gasteiger partial charge in [0.15, 0.2) is 0 Å². The van der Waals surface area contributed by atoms with Gasteiger partial charge in [-0.25, -0.2) is 15.0 Å². The number of fused-ring (bicyclic) bond motifs is 2. The van der Waals surface area contributed by atoms with Gasteiger partial charge in [-0.15, -0.1) is 0 Å². The highest BCUT2D eigenvalue weighted by molar-refractivity contribution is 6.26. The van der Waals surface area contributed by atoms with Crippen molar-refractivity contribution in [1.29, 1.82) is 0 Å². The van der Waals surface area contributed by atoms with E-state index < -0.39 is 0 Å². The predicted octanol–water partition coefficient (Wildman–Crippen LogP) is 3.25. The van der Waals surface area contributed by atoms with Crippen LogP contribution in [-0.2, 0) is 0 Å². The summed E-state index contributed by atoms with van der Waals surface area (Å²) in [5.41, 5.74) is 4.04. The van der Waals surface area contributed by atoms with Crippen LogP contribution in [0, 0.1) is 0 Å². The molecule has 0 atom stereocenters. The molecule has 5 aromatic rings. The van der Waals surface area contributed by atoms with E-state index in [1.807, 2.05) is 12.1 Å². The van der Waals surface area contributed by atoms with Crippen molar-refractivity contribution in [2.45, 2.75) is 0 Å². The standard InChI is InChI=1S/C15H8N4/c1-3-10-14-11(17-6-16-10)4-2-9-13(14)8(1)5-12-15(9)19-7-18-12/h1-7H,(H,18,19). The molecular weight excluding hydrogens is 236 g/mol. The van der Waals surface area contributed by atoms with Crippen LogP contribution in [0.3, 0.4) is 0 Å². The minimum Gasteiger partial charge on any atom is -0.345 e. The Kier molecular flexibility index (Phi) is 1.44. The van der Waals surface area contributed by atoms with E-state index in [0.717, 1.165) is 32.8 Å². The average Bonchev–Trinajstić information content (AvgIpc) is 2.92. The summed E-state index contributed by atoms with van der Waals surface area (Å²) >= 11 is 0. The molecule has 3 aromatic carbocycles. The molecule has 0 fully saturated rings. The highest BCUT2D eigenvalue weighted by Crippen LogP contribution is 2.35. The Labute approximate surface area is 107 Å². The summed E-state index contributed by atoms with van der Waals surface area (Å²) < 4.78 is 0. The van der Waals surface area contributed by atoms with Crippen LogP contribution in [0.1, 0.15) is 0 Å². The Balaban J connectivity index is 2.27. The Morgan fingerprint density at radius 2 is 1.68 bits per heavy atom. The maximum atomic E-state index is 4.43. The van der Waals surface area contributed by atoms with E-state index in [9.17, 15) is 0 Å². The Bertz CT molecular complexity index is 1050. The van der Waals surface area contributed by atoms with Crippen molar-refractivity contribution < 1.29 is 0 Å². The average molecular weight is 244 g/mol. The number of nitrogens with one attached hydrogen (secondary N) is 1. The summed E-state index contributed by atoms with van der Waals surface area (Å²) in [5, 5.41) is 4.68. The molecule has 0 saturated carbocycles. The number of imidazole rings is 1. The molecule has 0 bridgehead atoms. The molecule has 4 heteroatoms. The van der Waals surface area contributed by atoms with Gasteiger partial charge in [0.2, 0.25) is 0 Å². The maximum Gasteiger partial charge on any atom is 0.116 e. The molecule has 1 N–H and O–H groups in total. The van der Waals surface area contributed by atoms with E-state index in [2.05, 4.69) is 38.1 Å². The number of hydrogen-bond acceptors (Lipinski definition) is 3. The van der Waals surface area contributed by atoms with Gasteiger partial charge in [-0.2, -0.15) is 0 Å². The van der Waals surface area contributed by atoms with Gasteiger partial charge >= 0.3 is 0 Å². The van der Waals surface area contributed by atoms with Crippen molar-refractivity contribution in [3.8, 4) is 0 Å². The summed E-state index contributed by atoms with van der Waals surface area (Å²) in [7, 11) is 0. The van der Waals surface area contributed by atoms with Crippen molar-refractivity contribution in [3.05, 3.63) is 43.0 Å². The number of rotatable bonds is 0. The van der Waals surface area contributed by atoms with Crippen LogP contribution >= 0.6 is 0 Å². The lowest BCUT2D eigenvalue weighted by molar-refractivity contribution is 1.26. The van der Waals surface area contributed by atoms with Gasteiger partial charge in [0.05, 0.1) is 28.4 Å².